The number of hydrogen-bond donors (Lipinski definition) is 1. The molecule has 0 bridgehead atoms. The number of halogens is 2. The van der Waals surface area contributed by atoms with Crippen LogP contribution in [0.15, 0.2) is 42.5 Å². The number of carbonyl (C=O) groups excluding carboxylic acids is 1. The molecule has 1 aliphatic rings. The van der Waals surface area contributed by atoms with Crippen molar-refractivity contribution >= 4 is 40.5 Å². The van der Waals surface area contributed by atoms with Crippen LogP contribution in [-0.4, -0.2) is 32.2 Å². The molecule has 1 heterocycles. The second kappa shape index (κ2) is 9.45. The van der Waals surface area contributed by atoms with Crippen LogP contribution in [-0.2, 0) is 16.0 Å². The molecule has 1 aliphatic heterocycles. The smallest absolute Gasteiger partial charge is 0.224 e. The summed E-state index contributed by atoms with van der Waals surface area (Å²) in [6.45, 7) is 1.94. The lowest BCUT2D eigenvalue weighted by Crippen LogP contribution is -2.39. The molecule has 144 valence electrons. The molecule has 6 heteroatoms. The maximum absolute atomic E-state index is 12.2. The lowest BCUT2D eigenvalue weighted by atomic mass is 10.1. The molecule has 1 atom stereocenters. The van der Waals surface area contributed by atoms with E-state index in [0.29, 0.717) is 22.9 Å². The van der Waals surface area contributed by atoms with Gasteiger partial charge in [0.1, 0.15) is 0 Å². The van der Waals surface area contributed by atoms with E-state index in [1.807, 2.05) is 30.3 Å². The van der Waals surface area contributed by atoms with Gasteiger partial charge in [-0.05, 0) is 61.2 Å². The highest BCUT2D eigenvalue weighted by Crippen LogP contribution is 2.24. The summed E-state index contributed by atoms with van der Waals surface area (Å²) in [5, 5.41) is 4.13. The third-order valence-corrected chi connectivity index (χ3v) is 5.45. The fourth-order valence-corrected chi connectivity index (χ4v) is 3.82. The Morgan fingerprint density at radius 3 is 2.70 bits per heavy atom. The van der Waals surface area contributed by atoms with Gasteiger partial charge in [0.25, 0.3) is 0 Å². The van der Waals surface area contributed by atoms with Crippen molar-refractivity contribution in [3.8, 4) is 0 Å². The van der Waals surface area contributed by atoms with E-state index in [0.717, 1.165) is 42.9 Å². The minimum Gasteiger partial charge on any atom is -0.380 e. The highest BCUT2D eigenvalue weighted by Gasteiger charge is 2.19. The summed E-state index contributed by atoms with van der Waals surface area (Å²) in [7, 11) is 1.77. The molecule has 3 rings (SSSR count). The predicted octanol–water partition coefficient (Wildman–Crippen LogP) is 5.18. The van der Waals surface area contributed by atoms with Gasteiger partial charge in [0.15, 0.2) is 0 Å². The largest absolute Gasteiger partial charge is 0.380 e. The zero-order valence-electron chi connectivity index (χ0n) is 15.4. The molecule has 0 saturated carbocycles. The number of nitrogens with zero attached hydrogens (tertiary/aromatic N) is 1. The molecule has 1 fully saturated rings. The third kappa shape index (κ3) is 5.61. The van der Waals surface area contributed by atoms with Crippen LogP contribution in [0, 0.1) is 0 Å². The first kappa shape index (κ1) is 20.0. The van der Waals surface area contributed by atoms with Crippen LogP contribution < -0.4 is 10.2 Å². The zero-order chi connectivity index (χ0) is 19.2. The van der Waals surface area contributed by atoms with Gasteiger partial charge in [0.2, 0.25) is 5.91 Å². The van der Waals surface area contributed by atoms with Crippen molar-refractivity contribution in [3.05, 3.63) is 58.1 Å². The number of rotatable bonds is 6. The summed E-state index contributed by atoms with van der Waals surface area (Å²) in [6.07, 6.45) is 3.47. The van der Waals surface area contributed by atoms with Crippen LogP contribution in [0.25, 0.3) is 0 Å². The Hall–Kier alpha value is -1.75. The average Bonchev–Trinajstić information content (AvgIpc) is 2.68. The minimum absolute atomic E-state index is 0.0359. The van der Waals surface area contributed by atoms with Crippen molar-refractivity contribution in [2.45, 2.75) is 31.8 Å². The molecule has 2 aromatic carbocycles. The van der Waals surface area contributed by atoms with Crippen LogP contribution in [0.5, 0.6) is 0 Å². The number of nitrogens with one attached hydrogen (secondary N) is 1. The number of ether oxygens (including phenoxy) is 1. The van der Waals surface area contributed by atoms with E-state index in [-0.39, 0.29) is 12.0 Å². The Morgan fingerprint density at radius 2 is 2.00 bits per heavy atom. The number of anilines is 2. The number of benzene rings is 2. The predicted molar refractivity (Wildman–Crippen MR) is 112 cm³/mol. The molecule has 0 aromatic heterocycles. The number of hydrogen-bond acceptors (Lipinski definition) is 3. The van der Waals surface area contributed by atoms with E-state index in [1.165, 1.54) is 0 Å². The molecule has 0 radical (unpaired) electrons. The van der Waals surface area contributed by atoms with Crippen LogP contribution in [0.1, 0.15) is 24.8 Å². The fraction of sp³-hybridized carbons (Fsp3) is 0.381. The molecule has 1 amide bonds. The van der Waals surface area contributed by atoms with E-state index in [9.17, 15) is 4.79 Å². The van der Waals surface area contributed by atoms with Gasteiger partial charge in [-0.2, -0.15) is 0 Å². The standard InChI is InChI=1S/C21H24Cl2N2O2/c1-27-19-3-2-12-25(14-19)18-9-7-17(8-10-18)24-21(26)11-5-15-4-6-16(22)13-20(15)23/h4,6-10,13,19H,2-3,5,11-12,14H2,1H3,(H,24,26). The molecule has 2 aromatic rings. The molecule has 0 spiro atoms. The van der Waals surface area contributed by atoms with E-state index in [1.54, 1.807) is 19.2 Å². The molecule has 1 unspecified atom stereocenters. The highest BCUT2D eigenvalue weighted by atomic mass is 35.5. The van der Waals surface area contributed by atoms with E-state index in [2.05, 4.69) is 10.2 Å². The quantitative estimate of drug-likeness (QED) is 0.718. The fourth-order valence-electron chi connectivity index (χ4n) is 3.32. The van der Waals surface area contributed by atoms with E-state index < -0.39 is 0 Å². The average molecular weight is 407 g/mol. The Bertz CT molecular complexity index is 780. The SMILES string of the molecule is COC1CCCN(c2ccc(NC(=O)CCc3ccc(Cl)cc3Cl)cc2)C1. The van der Waals surface area contributed by atoms with Gasteiger partial charge in [0, 0.05) is 48.0 Å². The maximum Gasteiger partial charge on any atom is 0.224 e. The highest BCUT2D eigenvalue weighted by molar-refractivity contribution is 6.35. The first-order valence-electron chi connectivity index (χ1n) is 9.17. The molecular weight excluding hydrogens is 383 g/mol. The summed E-state index contributed by atoms with van der Waals surface area (Å²) < 4.78 is 5.48. The number of methoxy groups -OCH3 is 1. The van der Waals surface area contributed by atoms with Gasteiger partial charge < -0.3 is 15.0 Å². The topological polar surface area (TPSA) is 41.6 Å². The number of amides is 1. The van der Waals surface area contributed by atoms with Gasteiger partial charge >= 0.3 is 0 Å². The first-order valence-corrected chi connectivity index (χ1v) is 9.92. The van der Waals surface area contributed by atoms with Gasteiger partial charge in [-0.15, -0.1) is 0 Å². The molecule has 1 saturated heterocycles. The summed E-state index contributed by atoms with van der Waals surface area (Å²) in [5.74, 6) is -0.0359. The van der Waals surface area contributed by atoms with Crippen molar-refractivity contribution in [1.82, 2.24) is 0 Å². The van der Waals surface area contributed by atoms with Crippen molar-refractivity contribution in [2.75, 3.05) is 30.4 Å². The number of piperidine rings is 1. The van der Waals surface area contributed by atoms with Gasteiger partial charge in [-0.3, -0.25) is 4.79 Å². The number of carbonyl (C=O) groups is 1. The van der Waals surface area contributed by atoms with Crippen molar-refractivity contribution in [1.29, 1.82) is 0 Å². The Balaban J connectivity index is 1.52. The molecule has 27 heavy (non-hydrogen) atoms. The van der Waals surface area contributed by atoms with Crippen molar-refractivity contribution in [2.24, 2.45) is 0 Å². The summed E-state index contributed by atoms with van der Waals surface area (Å²) in [4.78, 5) is 14.6. The van der Waals surface area contributed by atoms with E-state index >= 15 is 0 Å². The number of aryl methyl sites for hydroxylation is 1. The Labute approximate surface area is 170 Å². The molecule has 0 aliphatic carbocycles. The van der Waals surface area contributed by atoms with Crippen molar-refractivity contribution in [3.63, 3.8) is 0 Å². The van der Waals surface area contributed by atoms with Gasteiger partial charge in [-0.1, -0.05) is 29.3 Å². The monoisotopic (exact) mass is 406 g/mol. The lowest BCUT2D eigenvalue weighted by Gasteiger charge is -2.33. The maximum atomic E-state index is 12.2. The van der Waals surface area contributed by atoms with E-state index in [4.69, 9.17) is 27.9 Å². The normalized spacial score (nSPS) is 17.0. The Kier molecular flexibility index (Phi) is 7.00. The van der Waals surface area contributed by atoms with Crippen molar-refractivity contribution < 1.29 is 9.53 Å². The third-order valence-electron chi connectivity index (χ3n) is 4.86. The Morgan fingerprint density at radius 1 is 1.22 bits per heavy atom. The first-order chi connectivity index (χ1) is 13.0. The second-order valence-corrected chi connectivity index (χ2v) is 7.62. The molecule has 4 nitrogen and oxygen atoms in total. The molecule has 1 N–H and O–H groups in total. The van der Waals surface area contributed by atoms with Crippen LogP contribution in [0.2, 0.25) is 10.0 Å². The lowest BCUT2D eigenvalue weighted by molar-refractivity contribution is -0.116. The van der Waals surface area contributed by atoms with Gasteiger partial charge in [0.05, 0.1) is 6.10 Å². The van der Waals surface area contributed by atoms with Gasteiger partial charge in [-0.25, -0.2) is 0 Å². The summed E-state index contributed by atoms with van der Waals surface area (Å²) in [5.41, 5.74) is 2.87. The molecular formula is C21H24Cl2N2O2. The minimum atomic E-state index is -0.0359. The van der Waals surface area contributed by atoms with Crippen LogP contribution >= 0.6 is 23.2 Å². The van der Waals surface area contributed by atoms with Crippen LogP contribution in [0.3, 0.4) is 0 Å². The summed E-state index contributed by atoms with van der Waals surface area (Å²) in [6, 6.07) is 13.3. The van der Waals surface area contributed by atoms with Crippen LogP contribution in [0.4, 0.5) is 11.4 Å². The zero-order valence-corrected chi connectivity index (χ0v) is 16.9. The second-order valence-electron chi connectivity index (χ2n) is 6.78. The summed E-state index contributed by atoms with van der Waals surface area (Å²) >= 11 is 12.1.